The number of esters is 1. The second-order valence-corrected chi connectivity index (χ2v) is 8.86. The molecule has 0 radical (unpaired) electrons. The Morgan fingerprint density at radius 2 is 1.87 bits per heavy atom. The minimum atomic E-state index is -0.883. The number of carbonyl (C=O) groups excluding carboxylic acids is 3. The highest BCUT2D eigenvalue weighted by Gasteiger charge is 2.45. The zero-order chi connectivity index (χ0) is 22.1. The molecule has 30 heavy (non-hydrogen) atoms. The second kappa shape index (κ2) is 7.98. The van der Waals surface area contributed by atoms with E-state index in [0.29, 0.717) is 5.69 Å². The minimum absolute atomic E-state index is 0.170. The fourth-order valence-electron chi connectivity index (χ4n) is 3.59. The van der Waals surface area contributed by atoms with Crippen LogP contribution in [0, 0.1) is 11.3 Å². The van der Waals surface area contributed by atoms with Crippen molar-refractivity contribution in [3.05, 3.63) is 29.8 Å². The third kappa shape index (κ3) is 4.90. The van der Waals surface area contributed by atoms with Crippen LogP contribution in [0.3, 0.4) is 0 Å². The number of nitrogens with one attached hydrogen (secondary N) is 1. The summed E-state index contributed by atoms with van der Waals surface area (Å²) in [5.41, 5.74) is 0.431. The van der Waals surface area contributed by atoms with Gasteiger partial charge in [-0.15, -0.1) is 0 Å². The van der Waals surface area contributed by atoms with Crippen LogP contribution >= 0.6 is 0 Å². The lowest BCUT2D eigenvalue weighted by molar-refractivity contribution is -0.148. The van der Waals surface area contributed by atoms with Crippen molar-refractivity contribution < 1.29 is 23.9 Å². The van der Waals surface area contributed by atoms with Gasteiger partial charge in [0.25, 0.3) is 0 Å². The highest BCUT2D eigenvalue weighted by molar-refractivity contribution is 5.99. The van der Waals surface area contributed by atoms with E-state index in [2.05, 4.69) is 11.4 Å². The molecule has 1 saturated carbocycles. The molecule has 2 amide bonds. The van der Waals surface area contributed by atoms with E-state index >= 15 is 0 Å². The smallest absolute Gasteiger partial charge is 0.408 e. The molecular weight excluding hydrogens is 386 g/mol. The van der Waals surface area contributed by atoms with Crippen molar-refractivity contribution in [1.29, 1.82) is 5.26 Å². The lowest BCUT2D eigenvalue weighted by Crippen LogP contribution is -2.58. The Labute approximate surface area is 176 Å². The molecule has 2 aliphatic rings. The summed E-state index contributed by atoms with van der Waals surface area (Å²) in [7, 11) is 0. The van der Waals surface area contributed by atoms with Gasteiger partial charge in [0.15, 0.2) is 0 Å². The molecule has 2 unspecified atom stereocenters. The monoisotopic (exact) mass is 413 g/mol. The first-order valence-electron chi connectivity index (χ1n) is 10.0. The third-order valence-corrected chi connectivity index (χ3v) is 5.17. The average Bonchev–Trinajstić information content (AvgIpc) is 3.44. The van der Waals surface area contributed by atoms with E-state index in [1.807, 2.05) is 12.1 Å². The van der Waals surface area contributed by atoms with Crippen LogP contribution in [0.4, 0.5) is 10.5 Å². The van der Waals surface area contributed by atoms with Gasteiger partial charge < -0.3 is 19.7 Å². The average molecular weight is 413 g/mol. The van der Waals surface area contributed by atoms with Gasteiger partial charge in [-0.3, -0.25) is 9.59 Å². The summed E-state index contributed by atoms with van der Waals surface area (Å²) in [5, 5.41) is 12.0. The lowest BCUT2D eigenvalue weighted by atomic mass is 9.96. The number of piperidine rings is 1. The van der Waals surface area contributed by atoms with Crippen molar-refractivity contribution in [1.82, 2.24) is 5.32 Å². The van der Waals surface area contributed by atoms with E-state index in [9.17, 15) is 19.6 Å². The summed E-state index contributed by atoms with van der Waals surface area (Å²) >= 11 is 0. The molecule has 1 saturated heterocycles. The molecule has 3 rings (SSSR count). The molecule has 1 aromatic carbocycles. The summed E-state index contributed by atoms with van der Waals surface area (Å²) in [4.78, 5) is 38.2. The third-order valence-electron chi connectivity index (χ3n) is 5.17. The second-order valence-electron chi connectivity index (χ2n) is 8.86. The van der Waals surface area contributed by atoms with Crippen LogP contribution in [0.15, 0.2) is 24.3 Å². The first-order chi connectivity index (χ1) is 14.0. The van der Waals surface area contributed by atoms with E-state index in [0.717, 1.165) is 18.4 Å². The number of benzene rings is 1. The summed E-state index contributed by atoms with van der Waals surface area (Å²) in [6.45, 7) is 6.70. The van der Waals surface area contributed by atoms with Gasteiger partial charge in [-0.2, -0.15) is 5.26 Å². The standard InChI is InChI=1S/C22H27N3O5/c1-14(26)29-17-11-18(24-20(28)30-21(2,3)4)19(27)25(12-17)16-7-5-15(6-8-16)22(13-23)9-10-22/h5-8,17-18H,9-12H2,1-4H3,(H,24,28). The molecule has 8 nitrogen and oxygen atoms in total. The SMILES string of the molecule is CC(=O)OC1CC(NC(=O)OC(C)(C)C)C(=O)N(c2ccc(C3(C#N)CC3)cc2)C1. The van der Waals surface area contributed by atoms with Crippen molar-refractivity contribution in [2.75, 3.05) is 11.4 Å². The Morgan fingerprint density at radius 3 is 2.37 bits per heavy atom. The number of nitrogens with zero attached hydrogens (tertiary/aromatic N) is 2. The zero-order valence-corrected chi connectivity index (χ0v) is 17.7. The fraction of sp³-hybridized carbons (Fsp3) is 0.545. The molecule has 0 bridgehead atoms. The van der Waals surface area contributed by atoms with Crippen LogP contribution in [0.1, 0.15) is 52.5 Å². The van der Waals surface area contributed by atoms with Gasteiger partial charge in [-0.05, 0) is 51.3 Å². The van der Waals surface area contributed by atoms with Gasteiger partial charge >= 0.3 is 12.1 Å². The number of anilines is 1. The largest absolute Gasteiger partial charge is 0.461 e. The maximum absolute atomic E-state index is 13.1. The predicted molar refractivity (Wildman–Crippen MR) is 109 cm³/mol. The molecule has 2 atom stereocenters. The molecule has 1 heterocycles. The first-order valence-corrected chi connectivity index (χ1v) is 10.0. The van der Waals surface area contributed by atoms with Crippen molar-refractivity contribution in [3.63, 3.8) is 0 Å². The fourth-order valence-corrected chi connectivity index (χ4v) is 3.59. The van der Waals surface area contributed by atoms with Crippen LogP contribution in [0.5, 0.6) is 0 Å². The molecule has 160 valence electrons. The Morgan fingerprint density at radius 1 is 1.23 bits per heavy atom. The molecule has 0 spiro atoms. The van der Waals surface area contributed by atoms with Gasteiger partial charge in [0.05, 0.1) is 18.0 Å². The number of carbonyl (C=O) groups is 3. The number of hydrogen-bond donors (Lipinski definition) is 1. The van der Waals surface area contributed by atoms with Crippen molar-refractivity contribution in [3.8, 4) is 6.07 Å². The molecule has 2 fully saturated rings. The minimum Gasteiger partial charge on any atom is -0.461 e. The molecule has 8 heteroatoms. The van der Waals surface area contributed by atoms with Gasteiger partial charge in [0, 0.05) is 19.0 Å². The molecule has 1 aliphatic heterocycles. The van der Waals surface area contributed by atoms with E-state index in [1.165, 1.54) is 11.8 Å². The van der Waals surface area contributed by atoms with Crippen LogP contribution in [-0.2, 0) is 24.5 Å². The number of nitriles is 1. The van der Waals surface area contributed by atoms with Gasteiger partial charge in [0.2, 0.25) is 5.91 Å². The Bertz CT molecular complexity index is 878. The molecule has 1 N–H and O–H groups in total. The van der Waals surface area contributed by atoms with Crippen LogP contribution in [-0.4, -0.2) is 42.3 Å². The maximum Gasteiger partial charge on any atom is 0.408 e. The van der Waals surface area contributed by atoms with Crippen LogP contribution in [0.2, 0.25) is 0 Å². The highest BCUT2D eigenvalue weighted by atomic mass is 16.6. The first kappa shape index (κ1) is 21.6. The maximum atomic E-state index is 13.1. The predicted octanol–water partition coefficient (Wildman–Crippen LogP) is 2.80. The van der Waals surface area contributed by atoms with Gasteiger partial charge in [-0.1, -0.05) is 12.1 Å². The van der Waals surface area contributed by atoms with E-state index < -0.39 is 35.2 Å². The number of amides is 2. The Hall–Kier alpha value is -3.08. The number of rotatable bonds is 4. The van der Waals surface area contributed by atoms with Crippen molar-refractivity contribution >= 4 is 23.7 Å². The summed E-state index contributed by atoms with van der Waals surface area (Å²) in [6.07, 6.45) is 0.575. The van der Waals surface area contributed by atoms with E-state index in [1.54, 1.807) is 32.9 Å². The summed E-state index contributed by atoms with van der Waals surface area (Å²) in [5.74, 6) is -0.760. The lowest BCUT2D eigenvalue weighted by Gasteiger charge is -2.37. The summed E-state index contributed by atoms with van der Waals surface area (Å²) in [6, 6.07) is 8.74. The number of alkyl carbamates (subject to hydrolysis) is 1. The quantitative estimate of drug-likeness (QED) is 0.761. The van der Waals surface area contributed by atoms with Crippen molar-refractivity contribution in [2.24, 2.45) is 0 Å². The normalized spacial score (nSPS) is 22.6. The van der Waals surface area contributed by atoms with Gasteiger partial charge in [0.1, 0.15) is 17.7 Å². The zero-order valence-electron chi connectivity index (χ0n) is 17.7. The van der Waals surface area contributed by atoms with E-state index in [4.69, 9.17) is 9.47 Å². The van der Waals surface area contributed by atoms with Crippen molar-refractivity contribution in [2.45, 2.75) is 70.1 Å². The Kier molecular flexibility index (Phi) is 5.75. The number of hydrogen-bond acceptors (Lipinski definition) is 6. The number of ether oxygens (including phenoxy) is 2. The highest BCUT2D eigenvalue weighted by Crippen LogP contribution is 2.47. The Balaban J connectivity index is 1.79. The molecule has 1 aliphatic carbocycles. The molecular formula is C22H27N3O5. The molecule has 1 aromatic rings. The topological polar surface area (TPSA) is 109 Å². The summed E-state index contributed by atoms with van der Waals surface area (Å²) < 4.78 is 10.6. The van der Waals surface area contributed by atoms with Gasteiger partial charge in [-0.25, -0.2) is 4.79 Å². The van der Waals surface area contributed by atoms with E-state index in [-0.39, 0.29) is 18.9 Å². The van der Waals surface area contributed by atoms with Crippen LogP contribution in [0.25, 0.3) is 0 Å². The van der Waals surface area contributed by atoms with Crippen LogP contribution < -0.4 is 10.2 Å². The molecule has 0 aromatic heterocycles.